The van der Waals surface area contributed by atoms with Gasteiger partial charge in [-0.15, -0.1) is 0 Å². The summed E-state index contributed by atoms with van der Waals surface area (Å²) in [4.78, 5) is 14.9. The second-order valence-electron chi connectivity index (χ2n) is 10.8. The number of carbonyl (C=O) groups excluding carboxylic acids is 1. The summed E-state index contributed by atoms with van der Waals surface area (Å²) in [5.41, 5.74) is 4.29. The van der Waals surface area contributed by atoms with E-state index in [1.54, 1.807) is 19.1 Å². The van der Waals surface area contributed by atoms with Crippen LogP contribution in [-0.2, 0) is 32.0 Å². The lowest BCUT2D eigenvalue weighted by Gasteiger charge is -2.33. The SMILES string of the molecule is COCCCc1ccccc1N(C)C(=O)COC1CNCCC1c1ccc(OCCCOCc2ccccc2OC)cc1. The van der Waals surface area contributed by atoms with Crippen molar-refractivity contribution in [3.63, 3.8) is 0 Å². The summed E-state index contributed by atoms with van der Waals surface area (Å²) in [6.07, 6.45) is 3.41. The van der Waals surface area contributed by atoms with E-state index in [4.69, 9.17) is 23.7 Å². The zero-order chi connectivity index (χ0) is 30.3. The van der Waals surface area contributed by atoms with E-state index in [9.17, 15) is 4.79 Å². The van der Waals surface area contributed by atoms with Gasteiger partial charge in [0.2, 0.25) is 0 Å². The van der Waals surface area contributed by atoms with Crippen molar-refractivity contribution < 1.29 is 28.5 Å². The number of anilines is 1. The van der Waals surface area contributed by atoms with Gasteiger partial charge in [-0.05, 0) is 61.2 Å². The number of likely N-dealkylation sites (N-methyl/N-ethyl adjacent to an activating group) is 1. The molecular formula is C35H46N2O6. The standard InChI is InChI=1S/C35H46N2O6/c1-37(32-13-6-4-10-28(32)12-8-21-39-2)35(38)26-43-34-24-36-20-19-31(34)27-15-17-30(18-16-27)42-23-9-22-41-25-29-11-5-7-14-33(29)40-3/h4-7,10-11,13-18,31,34,36H,8-9,12,19-26H2,1-3H3. The fraction of sp³-hybridized carbons (Fsp3) is 0.457. The summed E-state index contributed by atoms with van der Waals surface area (Å²) < 4.78 is 28.6. The number of hydrogen-bond acceptors (Lipinski definition) is 7. The molecule has 1 aliphatic rings. The van der Waals surface area contributed by atoms with Crippen molar-refractivity contribution in [3.8, 4) is 11.5 Å². The van der Waals surface area contributed by atoms with Gasteiger partial charge in [0.1, 0.15) is 18.1 Å². The number of hydrogen-bond donors (Lipinski definition) is 1. The van der Waals surface area contributed by atoms with Gasteiger partial charge in [0.05, 0.1) is 33.0 Å². The molecule has 1 fully saturated rings. The fourth-order valence-corrected chi connectivity index (χ4v) is 5.42. The first kappa shape index (κ1) is 32.5. The topological polar surface area (TPSA) is 78.5 Å². The van der Waals surface area contributed by atoms with Crippen LogP contribution in [0.2, 0.25) is 0 Å². The molecule has 8 nitrogen and oxygen atoms in total. The molecule has 2 unspecified atom stereocenters. The number of rotatable bonds is 17. The quantitative estimate of drug-likeness (QED) is 0.211. The molecule has 8 heteroatoms. The van der Waals surface area contributed by atoms with E-state index in [-0.39, 0.29) is 24.5 Å². The molecule has 3 aromatic carbocycles. The van der Waals surface area contributed by atoms with Gasteiger partial charge in [-0.25, -0.2) is 0 Å². The Hall–Kier alpha value is -3.43. The van der Waals surface area contributed by atoms with E-state index >= 15 is 0 Å². The van der Waals surface area contributed by atoms with Crippen LogP contribution in [0, 0.1) is 0 Å². The smallest absolute Gasteiger partial charge is 0.252 e. The van der Waals surface area contributed by atoms with Crippen molar-refractivity contribution in [2.24, 2.45) is 0 Å². The Bertz CT molecular complexity index is 1250. The first-order valence-electron chi connectivity index (χ1n) is 15.2. The van der Waals surface area contributed by atoms with Crippen LogP contribution in [0.5, 0.6) is 11.5 Å². The number of carbonyl (C=O) groups is 1. The maximum absolute atomic E-state index is 13.1. The number of piperidine rings is 1. The molecule has 1 heterocycles. The van der Waals surface area contributed by atoms with Crippen molar-refractivity contribution in [2.45, 2.75) is 44.3 Å². The van der Waals surface area contributed by atoms with Gasteiger partial charge in [0.15, 0.2) is 0 Å². The van der Waals surface area contributed by atoms with E-state index < -0.39 is 0 Å². The van der Waals surface area contributed by atoms with Crippen LogP contribution in [0.15, 0.2) is 72.8 Å². The molecular weight excluding hydrogens is 544 g/mol. The second-order valence-corrected chi connectivity index (χ2v) is 10.8. The predicted octanol–water partition coefficient (Wildman–Crippen LogP) is 5.39. The van der Waals surface area contributed by atoms with E-state index in [1.807, 2.05) is 61.6 Å². The van der Waals surface area contributed by atoms with Crippen LogP contribution in [-0.4, -0.2) is 72.8 Å². The van der Waals surface area contributed by atoms with Crippen LogP contribution in [0.4, 0.5) is 5.69 Å². The Morgan fingerprint density at radius 2 is 1.67 bits per heavy atom. The number of nitrogens with one attached hydrogen (secondary N) is 1. The number of ether oxygens (including phenoxy) is 5. The number of amides is 1. The maximum Gasteiger partial charge on any atom is 0.252 e. The largest absolute Gasteiger partial charge is 0.496 e. The lowest BCUT2D eigenvalue weighted by Crippen LogP contribution is -2.43. The third-order valence-corrected chi connectivity index (χ3v) is 7.83. The zero-order valence-corrected chi connectivity index (χ0v) is 25.8. The number of methoxy groups -OCH3 is 2. The van der Waals surface area contributed by atoms with Gasteiger partial charge < -0.3 is 33.9 Å². The third-order valence-electron chi connectivity index (χ3n) is 7.83. The molecule has 1 amide bonds. The first-order valence-corrected chi connectivity index (χ1v) is 15.2. The highest BCUT2D eigenvalue weighted by Crippen LogP contribution is 2.29. The molecule has 0 bridgehead atoms. The lowest BCUT2D eigenvalue weighted by atomic mass is 9.87. The van der Waals surface area contributed by atoms with Crippen LogP contribution < -0.4 is 19.7 Å². The van der Waals surface area contributed by atoms with Gasteiger partial charge in [0.25, 0.3) is 5.91 Å². The first-order chi connectivity index (χ1) is 21.1. The van der Waals surface area contributed by atoms with E-state index in [1.165, 1.54) is 5.56 Å². The average molecular weight is 591 g/mol. The molecule has 1 N–H and O–H groups in total. The zero-order valence-electron chi connectivity index (χ0n) is 25.8. The Morgan fingerprint density at radius 3 is 2.47 bits per heavy atom. The van der Waals surface area contributed by atoms with E-state index in [2.05, 4.69) is 23.5 Å². The minimum absolute atomic E-state index is 0.0338. The van der Waals surface area contributed by atoms with Gasteiger partial charge in [-0.1, -0.05) is 48.5 Å². The van der Waals surface area contributed by atoms with Crippen LogP contribution in [0.3, 0.4) is 0 Å². The van der Waals surface area contributed by atoms with Crippen LogP contribution in [0.1, 0.15) is 41.9 Å². The molecule has 0 aliphatic carbocycles. The summed E-state index contributed by atoms with van der Waals surface area (Å²) in [6.45, 7) is 4.06. The van der Waals surface area contributed by atoms with Gasteiger partial charge in [0, 0.05) is 50.9 Å². The van der Waals surface area contributed by atoms with Crippen molar-refractivity contribution in [2.75, 3.05) is 65.7 Å². The van der Waals surface area contributed by atoms with Gasteiger partial charge >= 0.3 is 0 Å². The maximum atomic E-state index is 13.1. The highest BCUT2D eigenvalue weighted by atomic mass is 16.5. The highest BCUT2D eigenvalue weighted by Gasteiger charge is 2.28. The number of benzene rings is 3. The van der Waals surface area contributed by atoms with Crippen LogP contribution in [0.25, 0.3) is 0 Å². The fourth-order valence-electron chi connectivity index (χ4n) is 5.42. The molecule has 1 saturated heterocycles. The molecule has 1 aliphatic heterocycles. The van der Waals surface area contributed by atoms with E-state index in [0.717, 1.165) is 60.5 Å². The Balaban J connectivity index is 1.22. The molecule has 0 saturated carbocycles. The summed E-state index contributed by atoms with van der Waals surface area (Å²) in [5.74, 6) is 1.83. The molecule has 0 aromatic heterocycles. The lowest BCUT2D eigenvalue weighted by molar-refractivity contribution is -0.125. The Kier molecular flexibility index (Phi) is 13.3. The summed E-state index contributed by atoms with van der Waals surface area (Å²) in [6, 6.07) is 24.2. The van der Waals surface area contributed by atoms with Crippen molar-refractivity contribution in [3.05, 3.63) is 89.5 Å². The van der Waals surface area contributed by atoms with Crippen molar-refractivity contribution in [1.29, 1.82) is 0 Å². The van der Waals surface area contributed by atoms with Crippen molar-refractivity contribution in [1.82, 2.24) is 5.32 Å². The number of nitrogens with zero attached hydrogens (tertiary/aromatic N) is 1. The molecule has 3 aromatic rings. The predicted molar refractivity (Wildman–Crippen MR) is 169 cm³/mol. The monoisotopic (exact) mass is 590 g/mol. The summed E-state index contributed by atoms with van der Waals surface area (Å²) in [7, 11) is 5.20. The minimum atomic E-state index is -0.0878. The van der Waals surface area contributed by atoms with E-state index in [0.29, 0.717) is 33.0 Å². The van der Waals surface area contributed by atoms with Gasteiger partial charge in [-0.3, -0.25) is 4.79 Å². The molecule has 0 spiro atoms. The molecule has 2 atom stereocenters. The second kappa shape index (κ2) is 17.6. The average Bonchev–Trinajstić information content (AvgIpc) is 3.06. The van der Waals surface area contributed by atoms with Gasteiger partial charge in [-0.2, -0.15) is 0 Å². The summed E-state index contributed by atoms with van der Waals surface area (Å²) in [5, 5.41) is 3.42. The number of para-hydroxylation sites is 2. The summed E-state index contributed by atoms with van der Waals surface area (Å²) >= 11 is 0. The normalized spacial score (nSPS) is 16.5. The Labute approximate surface area is 256 Å². The molecule has 43 heavy (non-hydrogen) atoms. The minimum Gasteiger partial charge on any atom is -0.496 e. The molecule has 232 valence electrons. The molecule has 0 radical (unpaired) electrons. The number of aryl methyl sites for hydroxylation is 1. The molecule has 4 rings (SSSR count). The van der Waals surface area contributed by atoms with Crippen LogP contribution >= 0.6 is 0 Å². The Morgan fingerprint density at radius 1 is 0.907 bits per heavy atom. The highest BCUT2D eigenvalue weighted by molar-refractivity contribution is 5.94. The third kappa shape index (κ3) is 9.79. The van der Waals surface area contributed by atoms with Crippen molar-refractivity contribution >= 4 is 11.6 Å².